The van der Waals surface area contributed by atoms with Gasteiger partial charge in [-0.3, -0.25) is 9.59 Å². The van der Waals surface area contributed by atoms with Crippen LogP contribution in [0.2, 0.25) is 0 Å². The summed E-state index contributed by atoms with van der Waals surface area (Å²) in [4.78, 5) is 34.7. The van der Waals surface area contributed by atoms with Gasteiger partial charge in [-0.15, -0.1) is 0 Å². The summed E-state index contributed by atoms with van der Waals surface area (Å²) < 4.78 is 0. The van der Waals surface area contributed by atoms with Crippen LogP contribution in [0.15, 0.2) is 0 Å². The Morgan fingerprint density at radius 2 is 1.71 bits per heavy atom. The Balaban J connectivity index is 4.62. The van der Waals surface area contributed by atoms with E-state index in [1.807, 2.05) is 6.26 Å². The molecule has 0 saturated carbocycles. The van der Waals surface area contributed by atoms with Gasteiger partial charge < -0.3 is 21.5 Å². The van der Waals surface area contributed by atoms with Crippen molar-refractivity contribution in [2.75, 3.05) is 23.5 Å². The average molecular weight is 356 g/mol. The lowest BCUT2D eigenvalue weighted by Crippen LogP contribution is -2.55. The largest absolute Gasteiger partial charge is 0.480 e. The normalized spacial score (nSPS) is 14.9. The molecule has 0 radical (unpaired) electrons. The van der Waals surface area contributed by atoms with E-state index in [4.69, 9.17) is 10.8 Å². The van der Waals surface area contributed by atoms with Crippen LogP contribution < -0.4 is 16.4 Å². The average Bonchev–Trinajstić information content (AvgIpc) is 2.46. The monoisotopic (exact) mass is 355 g/mol. The van der Waals surface area contributed by atoms with Crippen molar-refractivity contribution in [1.29, 1.82) is 0 Å². The van der Waals surface area contributed by atoms with Crippen molar-refractivity contribution in [2.45, 2.75) is 24.5 Å². The molecule has 122 valence electrons. The summed E-state index contributed by atoms with van der Waals surface area (Å²) in [7, 11) is 0. The van der Waals surface area contributed by atoms with Gasteiger partial charge in [-0.1, -0.05) is 0 Å². The highest BCUT2D eigenvalue weighted by atomic mass is 32.2. The first kappa shape index (κ1) is 20.4. The third kappa shape index (κ3) is 7.84. The van der Waals surface area contributed by atoms with E-state index in [1.54, 1.807) is 0 Å². The molecule has 0 bridgehead atoms. The number of amides is 2. The first-order valence-electron chi connectivity index (χ1n) is 6.17. The molecule has 0 spiro atoms. The number of hydrogen-bond donors (Lipinski definition) is 6. The minimum Gasteiger partial charge on any atom is -0.480 e. The van der Waals surface area contributed by atoms with E-state index in [1.165, 1.54) is 11.8 Å². The molecule has 0 aliphatic carbocycles. The zero-order valence-electron chi connectivity index (χ0n) is 11.6. The van der Waals surface area contributed by atoms with Gasteiger partial charge in [0.05, 0.1) is 6.04 Å². The number of nitrogens with one attached hydrogen (secondary N) is 2. The van der Waals surface area contributed by atoms with Crippen LogP contribution in [0.5, 0.6) is 0 Å². The van der Waals surface area contributed by atoms with Gasteiger partial charge in [0, 0.05) is 11.5 Å². The van der Waals surface area contributed by atoms with Gasteiger partial charge in [0.15, 0.2) is 0 Å². The molecular formula is C11H21N3O4S3. The maximum absolute atomic E-state index is 12.0. The molecule has 10 heteroatoms. The lowest BCUT2D eigenvalue weighted by molar-refractivity contribution is -0.142. The molecule has 3 atom stereocenters. The maximum Gasteiger partial charge on any atom is 0.326 e. The molecule has 7 nitrogen and oxygen atoms in total. The van der Waals surface area contributed by atoms with Crippen molar-refractivity contribution >= 4 is 54.8 Å². The molecule has 0 fully saturated rings. The minimum absolute atomic E-state index is 0.0335. The number of thiol groups is 2. The Kier molecular flexibility index (Phi) is 10.7. The summed E-state index contributed by atoms with van der Waals surface area (Å²) in [6, 6.07) is -2.78. The summed E-state index contributed by atoms with van der Waals surface area (Å²) in [6.07, 6.45) is 2.14. The summed E-state index contributed by atoms with van der Waals surface area (Å²) >= 11 is 9.36. The van der Waals surface area contributed by atoms with Crippen LogP contribution in [0.4, 0.5) is 0 Å². The third-order valence-corrected chi connectivity index (χ3v) is 3.98. The predicted octanol–water partition coefficient (Wildman–Crippen LogP) is -1.02. The van der Waals surface area contributed by atoms with Crippen molar-refractivity contribution in [3.63, 3.8) is 0 Å². The van der Waals surface area contributed by atoms with E-state index < -0.39 is 35.9 Å². The maximum atomic E-state index is 12.0. The van der Waals surface area contributed by atoms with Gasteiger partial charge in [-0.05, 0) is 18.4 Å². The first-order chi connectivity index (χ1) is 9.87. The van der Waals surface area contributed by atoms with Crippen LogP contribution in [-0.4, -0.2) is 64.5 Å². The van der Waals surface area contributed by atoms with Gasteiger partial charge in [0.25, 0.3) is 0 Å². The Labute approximate surface area is 139 Å². The number of carbonyl (C=O) groups is 3. The molecule has 0 rings (SSSR count). The smallest absolute Gasteiger partial charge is 0.326 e. The lowest BCUT2D eigenvalue weighted by Gasteiger charge is -2.21. The van der Waals surface area contributed by atoms with Crippen molar-refractivity contribution in [1.82, 2.24) is 10.6 Å². The molecule has 0 aromatic heterocycles. The summed E-state index contributed by atoms with van der Waals surface area (Å²) in [5.41, 5.74) is 5.49. The van der Waals surface area contributed by atoms with E-state index in [0.29, 0.717) is 12.2 Å². The number of carboxylic acid groups (broad SMARTS) is 1. The van der Waals surface area contributed by atoms with E-state index in [2.05, 4.69) is 35.9 Å². The fourth-order valence-corrected chi connectivity index (χ4v) is 2.22. The number of aliphatic carboxylic acids is 1. The second-order valence-electron chi connectivity index (χ2n) is 4.21. The van der Waals surface area contributed by atoms with Crippen LogP contribution in [0.25, 0.3) is 0 Å². The second kappa shape index (κ2) is 11.0. The van der Waals surface area contributed by atoms with Crippen LogP contribution >= 0.6 is 37.0 Å². The van der Waals surface area contributed by atoms with Crippen molar-refractivity contribution in [3.05, 3.63) is 0 Å². The lowest BCUT2D eigenvalue weighted by atomic mass is 10.2. The quantitative estimate of drug-likeness (QED) is 0.279. The highest BCUT2D eigenvalue weighted by Crippen LogP contribution is 2.02. The number of rotatable bonds is 10. The number of carboxylic acids is 1. The SMILES string of the molecule is CSCCC(NC(=O)C(CS)NC(=O)C(N)CS)C(=O)O. The van der Waals surface area contributed by atoms with Crippen LogP contribution in [-0.2, 0) is 14.4 Å². The zero-order chi connectivity index (χ0) is 16.4. The summed E-state index contributed by atoms with van der Waals surface area (Å²) in [5.74, 6) is -1.48. The Morgan fingerprint density at radius 1 is 1.14 bits per heavy atom. The molecule has 0 aromatic rings. The van der Waals surface area contributed by atoms with Crippen molar-refractivity contribution < 1.29 is 19.5 Å². The van der Waals surface area contributed by atoms with Crippen LogP contribution in [0.1, 0.15) is 6.42 Å². The summed E-state index contributed by atoms with van der Waals surface area (Å²) in [6.45, 7) is 0. The molecular weight excluding hydrogens is 334 g/mol. The topological polar surface area (TPSA) is 122 Å². The highest BCUT2D eigenvalue weighted by Gasteiger charge is 2.26. The molecule has 2 amide bonds. The molecule has 21 heavy (non-hydrogen) atoms. The van der Waals surface area contributed by atoms with E-state index in [9.17, 15) is 14.4 Å². The van der Waals surface area contributed by atoms with Gasteiger partial charge in [0.2, 0.25) is 11.8 Å². The van der Waals surface area contributed by atoms with E-state index in [-0.39, 0.29) is 11.5 Å². The predicted molar refractivity (Wildman–Crippen MR) is 90.2 cm³/mol. The fourth-order valence-electron chi connectivity index (χ4n) is 1.32. The van der Waals surface area contributed by atoms with Crippen molar-refractivity contribution in [3.8, 4) is 0 Å². The molecule has 0 aliphatic heterocycles. The molecule has 0 aliphatic rings. The second-order valence-corrected chi connectivity index (χ2v) is 5.93. The number of hydrogen-bond acceptors (Lipinski definition) is 7. The first-order valence-corrected chi connectivity index (χ1v) is 8.83. The molecule has 0 aromatic carbocycles. The Morgan fingerprint density at radius 3 is 2.14 bits per heavy atom. The zero-order valence-corrected chi connectivity index (χ0v) is 14.2. The van der Waals surface area contributed by atoms with Gasteiger partial charge in [-0.25, -0.2) is 4.79 Å². The van der Waals surface area contributed by atoms with E-state index >= 15 is 0 Å². The van der Waals surface area contributed by atoms with Crippen LogP contribution in [0.3, 0.4) is 0 Å². The number of nitrogens with two attached hydrogens (primary N) is 1. The Bertz CT molecular complexity index is 371. The molecule has 0 heterocycles. The van der Waals surface area contributed by atoms with E-state index in [0.717, 1.165) is 0 Å². The van der Waals surface area contributed by atoms with Crippen LogP contribution in [0, 0.1) is 0 Å². The van der Waals surface area contributed by atoms with Gasteiger partial charge in [-0.2, -0.15) is 37.0 Å². The van der Waals surface area contributed by atoms with Gasteiger partial charge in [0.1, 0.15) is 12.1 Å². The third-order valence-electron chi connectivity index (χ3n) is 2.57. The fraction of sp³-hybridized carbons (Fsp3) is 0.727. The summed E-state index contributed by atoms with van der Waals surface area (Å²) in [5, 5.41) is 13.9. The molecule has 0 saturated heterocycles. The number of thioether (sulfide) groups is 1. The Hall–Kier alpha value is -0.580. The highest BCUT2D eigenvalue weighted by molar-refractivity contribution is 7.98. The van der Waals surface area contributed by atoms with Crippen molar-refractivity contribution in [2.24, 2.45) is 5.73 Å². The molecule has 5 N–H and O–H groups in total. The number of carbonyl (C=O) groups excluding carboxylic acids is 2. The molecule has 3 unspecified atom stereocenters. The minimum atomic E-state index is -1.12. The standard InChI is InChI=1S/C11H21N3O4S3/c1-21-3-2-7(11(17)18)13-10(16)8(5-20)14-9(15)6(12)4-19/h6-8,19-20H,2-5,12H2,1H3,(H,13,16)(H,14,15)(H,17,18). The van der Waals surface area contributed by atoms with Gasteiger partial charge >= 0.3 is 5.97 Å².